The Morgan fingerprint density at radius 3 is 2.56 bits per heavy atom. The third-order valence-electron chi connectivity index (χ3n) is 3.69. The zero-order chi connectivity index (χ0) is 18.4. The first-order chi connectivity index (χ1) is 11.9. The number of ether oxygens (including phenoxy) is 1. The van der Waals surface area contributed by atoms with Crippen molar-refractivity contribution in [3.8, 4) is 5.75 Å². The van der Waals surface area contributed by atoms with E-state index in [2.05, 4.69) is 43.1 Å². The van der Waals surface area contributed by atoms with Crippen LogP contribution < -0.4 is 10.1 Å². The maximum atomic E-state index is 12.4. The van der Waals surface area contributed by atoms with Gasteiger partial charge in [0.2, 0.25) is 5.91 Å². The van der Waals surface area contributed by atoms with Crippen molar-refractivity contribution < 1.29 is 9.53 Å². The van der Waals surface area contributed by atoms with Crippen LogP contribution in [0.4, 0.5) is 5.69 Å². The summed E-state index contributed by atoms with van der Waals surface area (Å²) in [5.74, 6) is 1.39. The normalized spacial score (nSPS) is 11.2. The van der Waals surface area contributed by atoms with Crippen molar-refractivity contribution in [1.29, 1.82) is 0 Å². The summed E-state index contributed by atoms with van der Waals surface area (Å²) in [7, 11) is 0. The first-order valence-electron chi connectivity index (χ1n) is 8.84. The van der Waals surface area contributed by atoms with Crippen LogP contribution in [0.2, 0.25) is 0 Å². The quantitative estimate of drug-likeness (QED) is 0.794. The number of hydrogen-bond acceptors (Lipinski definition) is 4. The predicted octanol–water partition coefficient (Wildman–Crippen LogP) is 3.64. The summed E-state index contributed by atoms with van der Waals surface area (Å²) in [5.41, 5.74) is 2.55. The average molecular weight is 344 g/mol. The molecule has 0 saturated heterocycles. The standard InChI is InChI=1S/C19H28N4O2/c1-6-25-16-8-7-15(20-10-16)9-18(24)22-17-11-21-23(12-13(2)3)19(17)14(4)5/h7-8,10-11,13-14H,6,9,12H2,1-5H3,(H,22,24). The molecule has 136 valence electrons. The SMILES string of the molecule is CCOc1ccc(CC(=O)Nc2cnn(CC(C)C)c2C(C)C)nc1. The summed E-state index contributed by atoms with van der Waals surface area (Å²) in [4.78, 5) is 16.7. The van der Waals surface area contributed by atoms with Gasteiger partial charge in [-0.05, 0) is 30.9 Å². The van der Waals surface area contributed by atoms with Gasteiger partial charge in [-0.2, -0.15) is 5.10 Å². The van der Waals surface area contributed by atoms with Gasteiger partial charge in [0, 0.05) is 12.2 Å². The second kappa shape index (κ2) is 8.65. The van der Waals surface area contributed by atoms with E-state index in [0.29, 0.717) is 24.0 Å². The Kier molecular flexibility index (Phi) is 6.56. The fourth-order valence-electron chi connectivity index (χ4n) is 2.72. The number of aromatic nitrogens is 3. The molecule has 0 saturated carbocycles. The maximum absolute atomic E-state index is 12.4. The molecule has 0 atom stereocenters. The number of pyridine rings is 1. The number of rotatable bonds is 8. The summed E-state index contributed by atoms with van der Waals surface area (Å²) >= 11 is 0. The lowest BCUT2D eigenvalue weighted by Crippen LogP contribution is -2.17. The van der Waals surface area contributed by atoms with Crippen molar-refractivity contribution in [2.24, 2.45) is 5.92 Å². The van der Waals surface area contributed by atoms with Gasteiger partial charge in [0.25, 0.3) is 0 Å². The van der Waals surface area contributed by atoms with E-state index < -0.39 is 0 Å². The molecule has 0 bridgehead atoms. The molecular formula is C19H28N4O2. The highest BCUT2D eigenvalue weighted by Gasteiger charge is 2.17. The Balaban J connectivity index is 2.06. The molecule has 2 heterocycles. The Morgan fingerprint density at radius 1 is 1.24 bits per heavy atom. The van der Waals surface area contributed by atoms with Crippen LogP contribution in [0.25, 0.3) is 0 Å². The number of hydrogen-bond donors (Lipinski definition) is 1. The summed E-state index contributed by atoms with van der Waals surface area (Å²) in [6.07, 6.45) is 3.60. The molecule has 2 aromatic heterocycles. The summed E-state index contributed by atoms with van der Waals surface area (Å²) < 4.78 is 7.35. The molecule has 0 aromatic carbocycles. The maximum Gasteiger partial charge on any atom is 0.230 e. The Labute approximate surface area is 149 Å². The van der Waals surface area contributed by atoms with E-state index in [1.165, 1.54) is 0 Å². The molecule has 25 heavy (non-hydrogen) atoms. The third-order valence-corrected chi connectivity index (χ3v) is 3.69. The van der Waals surface area contributed by atoms with E-state index in [1.807, 2.05) is 23.7 Å². The number of carbonyl (C=O) groups is 1. The van der Waals surface area contributed by atoms with Crippen LogP contribution in [-0.2, 0) is 17.8 Å². The topological polar surface area (TPSA) is 69.0 Å². The zero-order valence-corrected chi connectivity index (χ0v) is 15.7. The number of amides is 1. The Hall–Kier alpha value is -2.37. The molecule has 6 nitrogen and oxygen atoms in total. The number of anilines is 1. The van der Waals surface area contributed by atoms with Crippen molar-refractivity contribution in [2.45, 2.75) is 53.5 Å². The molecule has 0 aliphatic rings. The van der Waals surface area contributed by atoms with Crippen LogP contribution in [0.3, 0.4) is 0 Å². The van der Waals surface area contributed by atoms with Gasteiger partial charge in [-0.3, -0.25) is 14.5 Å². The third kappa shape index (κ3) is 5.31. The first-order valence-corrected chi connectivity index (χ1v) is 8.84. The predicted molar refractivity (Wildman–Crippen MR) is 98.9 cm³/mol. The van der Waals surface area contributed by atoms with E-state index in [0.717, 1.165) is 17.9 Å². The first kappa shape index (κ1) is 19.0. The lowest BCUT2D eigenvalue weighted by atomic mass is 10.1. The van der Waals surface area contributed by atoms with Crippen LogP contribution in [0.15, 0.2) is 24.5 Å². The van der Waals surface area contributed by atoms with Crippen LogP contribution in [0.5, 0.6) is 5.75 Å². The minimum absolute atomic E-state index is 0.0948. The highest BCUT2D eigenvalue weighted by atomic mass is 16.5. The minimum Gasteiger partial charge on any atom is -0.492 e. The fraction of sp³-hybridized carbons (Fsp3) is 0.526. The fourth-order valence-corrected chi connectivity index (χ4v) is 2.72. The van der Waals surface area contributed by atoms with Gasteiger partial charge in [-0.15, -0.1) is 0 Å². The van der Waals surface area contributed by atoms with Gasteiger partial charge in [0.1, 0.15) is 5.75 Å². The summed E-state index contributed by atoms with van der Waals surface area (Å²) in [6, 6.07) is 3.65. The summed E-state index contributed by atoms with van der Waals surface area (Å²) in [5, 5.41) is 7.42. The molecule has 0 spiro atoms. The van der Waals surface area contributed by atoms with E-state index in [-0.39, 0.29) is 18.2 Å². The second-order valence-corrected chi connectivity index (χ2v) is 6.82. The highest BCUT2D eigenvalue weighted by molar-refractivity contribution is 5.92. The smallest absolute Gasteiger partial charge is 0.230 e. The molecule has 0 aliphatic heterocycles. The van der Waals surface area contributed by atoms with Gasteiger partial charge < -0.3 is 10.1 Å². The van der Waals surface area contributed by atoms with Crippen molar-refractivity contribution >= 4 is 11.6 Å². The largest absolute Gasteiger partial charge is 0.492 e. The molecule has 0 fully saturated rings. The Morgan fingerprint density at radius 2 is 2.00 bits per heavy atom. The average Bonchev–Trinajstić information content (AvgIpc) is 2.91. The minimum atomic E-state index is -0.0948. The molecule has 2 aromatic rings. The van der Waals surface area contributed by atoms with E-state index in [4.69, 9.17) is 4.74 Å². The molecule has 0 radical (unpaired) electrons. The van der Waals surface area contributed by atoms with Gasteiger partial charge in [-0.25, -0.2) is 0 Å². The van der Waals surface area contributed by atoms with Gasteiger partial charge in [-0.1, -0.05) is 27.7 Å². The van der Waals surface area contributed by atoms with Gasteiger partial charge >= 0.3 is 0 Å². The van der Waals surface area contributed by atoms with Crippen molar-refractivity contribution in [1.82, 2.24) is 14.8 Å². The number of nitrogens with one attached hydrogen (secondary N) is 1. The van der Waals surface area contributed by atoms with Crippen LogP contribution in [-0.4, -0.2) is 27.3 Å². The molecule has 6 heteroatoms. The van der Waals surface area contributed by atoms with Crippen LogP contribution >= 0.6 is 0 Å². The van der Waals surface area contributed by atoms with Crippen molar-refractivity contribution in [3.63, 3.8) is 0 Å². The van der Waals surface area contributed by atoms with Crippen molar-refractivity contribution in [2.75, 3.05) is 11.9 Å². The monoisotopic (exact) mass is 344 g/mol. The molecule has 0 unspecified atom stereocenters. The van der Waals surface area contributed by atoms with Crippen LogP contribution in [0.1, 0.15) is 51.9 Å². The highest BCUT2D eigenvalue weighted by Crippen LogP contribution is 2.25. The van der Waals surface area contributed by atoms with E-state index >= 15 is 0 Å². The van der Waals surface area contributed by atoms with Crippen LogP contribution in [0, 0.1) is 5.92 Å². The lowest BCUT2D eigenvalue weighted by Gasteiger charge is -2.14. The second-order valence-electron chi connectivity index (χ2n) is 6.82. The van der Waals surface area contributed by atoms with E-state index in [9.17, 15) is 4.79 Å². The number of carbonyl (C=O) groups excluding carboxylic acids is 1. The van der Waals surface area contributed by atoms with Gasteiger partial charge in [0.05, 0.1) is 36.8 Å². The molecule has 1 N–H and O–H groups in total. The zero-order valence-electron chi connectivity index (χ0n) is 15.7. The molecule has 1 amide bonds. The lowest BCUT2D eigenvalue weighted by molar-refractivity contribution is -0.115. The Bertz CT molecular complexity index is 690. The summed E-state index contributed by atoms with van der Waals surface area (Å²) in [6.45, 7) is 11.9. The van der Waals surface area contributed by atoms with Gasteiger partial charge in [0.15, 0.2) is 0 Å². The van der Waals surface area contributed by atoms with E-state index in [1.54, 1.807) is 12.4 Å². The molecule has 0 aliphatic carbocycles. The van der Waals surface area contributed by atoms with Crippen molar-refractivity contribution in [3.05, 3.63) is 35.9 Å². The molecule has 2 rings (SSSR count). The molecular weight excluding hydrogens is 316 g/mol. The number of nitrogens with zero attached hydrogens (tertiary/aromatic N) is 3.